The number of nitrogens with one attached hydrogen (secondary N) is 1. The van der Waals surface area contributed by atoms with E-state index in [4.69, 9.17) is 4.74 Å². The van der Waals surface area contributed by atoms with Crippen molar-refractivity contribution in [1.29, 1.82) is 0 Å². The molecule has 0 radical (unpaired) electrons. The van der Waals surface area contributed by atoms with Gasteiger partial charge in [-0.05, 0) is 67.6 Å². The number of piperidine rings is 1. The molecular weight excluding hydrogens is 381 g/mol. The molecule has 30 heavy (non-hydrogen) atoms. The summed E-state index contributed by atoms with van der Waals surface area (Å²) < 4.78 is 20.4. The van der Waals surface area contributed by atoms with Crippen LogP contribution in [0.3, 0.4) is 0 Å². The normalized spacial score (nSPS) is 17.7. The number of halogens is 1. The van der Waals surface area contributed by atoms with Gasteiger partial charge in [-0.25, -0.2) is 9.07 Å². The standard InChI is InChI=1S/C23H26FN5O.H2/c1-16-9-20(26-23-25-15-29(27-23)21-4-2-3-19(24)11-21)12-22(10-16)28-7-5-17(6-8-28)18-13-30-14-18;/h2-4,9-12,15,17-18H,5-8,13-14H2,1H3,(H,26,27);1H. The van der Waals surface area contributed by atoms with E-state index >= 15 is 0 Å². The lowest BCUT2D eigenvalue weighted by molar-refractivity contribution is -0.0650. The molecule has 158 valence electrons. The summed E-state index contributed by atoms with van der Waals surface area (Å²) >= 11 is 0. The molecule has 0 saturated carbocycles. The van der Waals surface area contributed by atoms with E-state index in [2.05, 4.69) is 45.4 Å². The van der Waals surface area contributed by atoms with Crippen LogP contribution in [0.15, 0.2) is 48.8 Å². The Morgan fingerprint density at radius 3 is 2.63 bits per heavy atom. The van der Waals surface area contributed by atoms with E-state index in [0.29, 0.717) is 11.6 Å². The first-order valence-electron chi connectivity index (χ1n) is 10.5. The summed E-state index contributed by atoms with van der Waals surface area (Å²) in [5.74, 6) is 1.75. The summed E-state index contributed by atoms with van der Waals surface area (Å²) in [4.78, 5) is 6.79. The zero-order valence-corrected chi connectivity index (χ0v) is 17.1. The number of hydrogen-bond acceptors (Lipinski definition) is 5. The van der Waals surface area contributed by atoms with Crippen molar-refractivity contribution in [3.8, 4) is 5.69 Å². The Hall–Kier alpha value is -2.93. The number of ether oxygens (including phenoxy) is 1. The van der Waals surface area contributed by atoms with Crippen LogP contribution in [0, 0.1) is 24.6 Å². The van der Waals surface area contributed by atoms with Gasteiger partial charge in [0.25, 0.3) is 0 Å². The van der Waals surface area contributed by atoms with Gasteiger partial charge in [0.2, 0.25) is 5.95 Å². The molecule has 3 heterocycles. The number of aryl methyl sites for hydroxylation is 1. The fourth-order valence-corrected chi connectivity index (χ4v) is 4.37. The number of anilines is 3. The van der Waals surface area contributed by atoms with E-state index in [9.17, 15) is 4.39 Å². The lowest BCUT2D eigenvalue weighted by Gasteiger charge is -2.40. The molecule has 2 aromatic carbocycles. The Bertz CT molecular complexity index is 1030. The molecule has 3 aromatic rings. The minimum Gasteiger partial charge on any atom is -0.381 e. The summed E-state index contributed by atoms with van der Waals surface area (Å²) in [5.41, 5.74) is 4.01. The van der Waals surface area contributed by atoms with Gasteiger partial charge in [0.1, 0.15) is 12.1 Å². The average molecular weight is 410 g/mol. The van der Waals surface area contributed by atoms with Gasteiger partial charge >= 0.3 is 0 Å². The van der Waals surface area contributed by atoms with E-state index in [1.165, 1.54) is 36.2 Å². The van der Waals surface area contributed by atoms with Crippen molar-refractivity contribution in [1.82, 2.24) is 14.8 Å². The highest BCUT2D eigenvalue weighted by Gasteiger charge is 2.31. The first-order valence-corrected chi connectivity index (χ1v) is 10.5. The van der Waals surface area contributed by atoms with Crippen molar-refractivity contribution >= 4 is 17.3 Å². The molecule has 2 saturated heterocycles. The Morgan fingerprint density at radius 2 is 1.90 bits per heavy atom. The third-order valence-corrected chi connectivity index (χ3v) is 6.12. The Kier molecular flexibility index (Phi) is 5.12. The Morgan fingerprint density at radius 1 is 1.07 bits per heavy atom. The fourth-order valence-electron chi connectivity index (χ4n) is 4.37. The zero-order chi connectivity index (χ0) is 20.5. The third kappa shape index (κ3) is 4.03. The fraction of sp³-hybridized carbons (Fsp3) is 0.391. The van der Waals surface area contributed by atoms with Crippen LogP contribution in [0.4, 0.5) is 21.7 Å². The van der Waals surface area contributed by atoms with Crippen LogP contribution in [0.25, 0.3) is 5.69 Å². The maximum absolute atomic E-state index is 13.5. The molecule has 6 nitrogen and oxygen atoms in total. The second kappa shape index (κ2) is 8.07. The molecule has 1 aromatic heterocycles. The molecule has 2 aliphatic rings. The van der Waals surface area contributed by atoms with Crippen LogP contribution < -0.4 is 10.2 Å². The van der Waals surface area contributed by atoms with Gasteiger partial charge < -0.3 is 15.0 Å². The molecule has 0 spiro atoms. The molecule has 0 atom stereocenters. The van der Waals surface area contributed by atoms with Gasteiger partial charge in [-0.2, -0.15) is 4.98 Å². The van der Waals surface area contributed by atoms with E-state index in [-0.39, 0.29) is 7.24 Å². The number of nitrogens with zero attached hydrogens (tertiary/aromatic N) is 4. The first-order chi connectivity index (χ1) is 14.6. The SMILES string of the molecule is Cc1cc(Nc2ncn(-c3cccc(F)c3)n2)cc(N2CCC(C3COC3)CC2)c1.[HH]. The average Bonchev–Trinajstić information content (AvgIpc) is 3.15. The van der Waals surface area contributed by atoms with Crippen LogP contribution in [-0.4, -0.2) is 41.1 Å². The Labute approximate surface area is 177 Å². The molecule has 2 fully saturated rings. The van der Waals surface area contributed by atoms with Crippen LogP contribution in [0.5, 0.6) is 0 Å². The van der Waals surface area contributed by atoms with Crippen molar-refractivity contribution in [3.05, 3.63) is 60.2 Å². The summed E-state index contributed by atoms with van der Waals surface area (Å²) in [5, 5.41) is 7.73. The van der Waals surface area contributed by atoms with E-state index in [1.807, 2.05) is 0 Å². The van der Waals surface area contributed by atoms with Gasteiger partial charge in [0.05, 0.1) is 18.9 Å². The lowest BCUT2D eigenvalue weighted by Crippen LogP contribution is -2.42. The number of aromatic nitrogens is 3. The third-order valence-electron chi connectivity index (χ3n) is 6.12. The highest BCUT2D eigenvalue weighted by atomic mass is 19.1. The summed E-state index contributed by atoms with van der Waals surface area (Å²) in [6, 6.07) is 12.8. The van der Waals surface area contributed by atoms with Crippen LogP contribution >= 0.6 is 0 Å². The minimum atomic E-state index is -0.297. The van der Waals surface area contributed by atoms with Gasteiger partial charge in [0, 0.05) is 31.8 Å². The Balaban J connectivity index is 0.00000231. The smallest absolute Gasteiger partial charge is 0.246 e. The predicted octanol–water partition coefficient (Wildman–Crippen LogP) is 4.57. The molecule has 7 heteroatoms. The topological polar surface area (TPSA) is 55.2 Å². The zero-order valence-electron chi connectivity index (χ0n) is 17.1. The summed E-state index contributed by atoms with van der Waals surface area (Å²) in [6.07, 6.45) is 4.04. The monoisotopic (exact) mass is 409 g/mol. The second-order valence-electron chi connectivity index (χ2n) is 8.30. The lowest BCUT2D eigenvalue weighted by atomic mass is 9.83. The summed E-state index contributed by atoms with van der Waals surface area (Å²) in [7, 11) is 0. The molecular formula is C23H28FN5O. The van der Waals surface area contributed by atoms with E-state index in [1.54, 1.807) is 23.1 Å². The molecule has 0 amide bonds. The molecule has 5 rings (SSSR count). The van der Waals surface area contributed by atoms with Gasteiger partial charge in [0.15, 0.2) is 0 Å². The summed E-state index contributed by atoms with van der Waals surface area (Å²) in [6.45, 7) is 6.15. The van der Waals surface area contributed by atoms with Crippen LogP contribution in [0.2, 0.25) is 0 Å². The van der Waals surface area contributed by atoms with Gasteiger partial charge in [-0.15, -0.1) is 5.10 Å². The highest BCUT2D eigenvalue weighted by molar-refractivity contribution is 5.64. The molecule has 0 unspecified atom stereocenters. The largest absolute Gasteiger partial charge is 0.381 e. The minimum absolute atomic E-state index is 0. The quantitative estimate of drug-likeness (QED) is 0.669. The highest BCUT2D eigenvalue weighted by Crippen LogP contribution is 2.33. The van der Waals surface area contributed by atoms with Crippen molar-refractivity contribution in [3.63, 3.8) is 0 Å². The van der Waals surface area contributed by atoms with E-state index < -0.39 is 0 Å². The van der Waals surface area contributed by atoms with Crippen LogP contribution in [0.1, 0.15) is 19.8 Å². The molecule has 1 N–H and O–H groups in total. The number of rotatable bonds is 5. The van der Waals surface area contributed by atoms with Gasteiger partial charge in [-0.1, -0.05) is 6.07 Å². The first kappa shape index (κ1) is 19.1. The van der Waals surface area contributed by atoms with Crippen molar-refractivity contribution in [2.75, 3.05) is 36.5 Å². The maximum atomic E-state index is 13.5. The second-order valence-corrected chi connectivity index (χ2v) is 8.30. The molecule has 0 bridgehead atoms. The van der Waals surface area contributed by atoms with E-state index in [0.717, 1.165) is 43.8 Å². The molecule has 2 aliphatic heterocycles. The predicted molar refractivity (Wildman–Crippen MR) is 117 cm³/mol. The maximum Gasteiger partial charge on any atom is 0.246 e. The number of benzene rings is 2. The van der Waals surface area contributed by atoms with Crippen molar-refractivity contribution in [2.45, 2.75) is 19.8 Å². The molecule has 0 aliphatic carbocycles. The number of hydrogen-bond donors (Lipinski definition) is 1. The van der Waals surface area contributed by atoms with Crippen molar-refractivity contribution < 1.29 is 10.6 Å². The van der Waals surface area contributed by atoms with Crippen molar-refractivity contribution in [2.24, 2.45) is 11.8 Å². The van der Waals surface area contributed by atoms with Gasteiger partial charge in [-0.3, -0.25) is 0 Å². The van der Waals surface area contributed by atoms with Crippen LogP contribution in [-0.2, 0) is 4.74 Å².